The molecule has 0 radical (unpaired) electrons. The van der Waals surface area contributed by atoms with Gasteiger partial charge in [0.15, 0.2) is 0 Å². The van der Waals surface area contributed by atoms with Crippen LogP contribution < -0.4 is 10.1 Å². The highest BCUT2D eigenvalue weighted by molar-refractivity contribution is 6.01. The summed E-state index contributed by atoms with van der Waals surface area (Å²) in [6.07, 6.45) is 3.45. The van der Waals surface area contributed by atoms with Gasteiger partial charge in [-0.3, -0.25) is 4.79 Å². The van der Waals surface area contributed by atoms with E-state index in [0.717, 1.165) is 44.5 Å². The Morgan fingerprint density at radius 2 is 1.90 bits per heavy atom. The lowest BCUT2D eigenvalue weighted by Gasteiger charge is -2.15. The first-order valence-electron chi connectivity index (χ1n) is 10.5. The maximum Gasteiger partial charge on any atom is 0.244 e. The average molecular weight is 406 g/mol. The van der Waals surface area contributed by atoms with Gasteiger partial charge in [0.05, 0.1) is 12.9 Å². The third-order valence-corrected chi connectivity index (χ3v) is 5.15. The molecule has 2 aromatic carbocycles. The number of hydrogen-bond acceptors (Lipinski definition) is 3. The SMILES string of the molecule is CCOc1c(/C(C)=C/C(=O)NCC(C)C)cc2c(-c3ccc(C)cc3)coc2c1C. The molecular formula is C26H31NO3. The van der Waals surface area contributed by atoms with Crippen LogP contribution in [0.5, 0.6) is 5.75 Å². The van der Waals surface area contributed by atoms with E-state index in [2.05, 4.69) is 56.4 Å². The lowest BCUT2D eigenvalue weighted by molar-refractivity contribution is -0.116. The van der Waals surface area contributed by atoms with E-state index >= 15 is 0 Å². The largest absolute Gasteiger partial charge is 0.493 e. The molecule has 0 saturated heterocycles. The van der Waals surface area contributed by atoms with Crippen LogP contribution in [0.25, 0.3) is 27.7 Å². The highest BCUT2D eigenvalue weighted by Gasteiger charge is 2.19. The molecule has 0 spiro atoms. The van der Waals surface area contributed by atoms with Gasteiger partial charge >= 0.3 is 0 Å². The smallest absolute Gasteiger partial charge is 0.244 e. The van der Waals surface area contributed by atoms with Crippen molar-refractivity contribution in [3.63, 3.8) is 0 Å². The molecule has 158 valence electrons. The molecule has 30 heavy (non-hydrogen) atoms. The molecule has 0 aliphatic rings. The molecular weight excluding hydrogens is 374 g/mol. The predicted octanol–water partition coefficient (Wildman–Crippen LogP) is 6.29. The standard InChI is InChI=1S/C26H31NO3/c1-7-29-25-19(6)26-22(23(15-30-26)20-10-8-17(4)9-11-20)13-21(25)18(5)12-24(28)27-14-16(2)3/h8-13,15-16H,7,14H2,1-6H3,(H,27,28)/b18-12+. The Morgan fingerprint density at radius 3 is 2.53 bits per heavy atom. The van der Waals surface area contributed by atoms with E-state index in [-0.39, 0.29) is 5.91 Å². The fraction of sp³-hybridized carbons (Fsp3) is 0.346. The summed E-state index contributed by atoms with van der Waals surface area (Å²) in [7, 11) is 0. The van der Waals surface area contributed by atoms with E-state index in [1.807, 2.05) is 20.8 Å². The Morgan fingerprint density at radius 1 is 1.20 bits per heavy atom. The molecule has 3 aromatic rings. The second-order valence-corrected chi connectivity index (χ2v) is 8.17. The van der Waals surface area contributed by atoms with Crippen molar-refractivity contribution in [3.8, 4) is 16.9 Å². The molecule has 0 saturated carbocycles. The van der Waals surface area contributed by atoms with Crippen molar-refractivity contribution < 1.29 is 13.9 Å². The quantitative estimate of drug-likeness (QED) is 0.470. The van der Waals surface area contributed by atoms with Gasteiger partial charge in [-0.2, -0.15) is 0 Å². The summed E-state index contributed by atoms with van der Waals surface area (Å²) < 4.78 is 11.9. The van der Waals surface area contributed by atoms with Crippen LogP contribution in [0.1, 0.15) is 44.4 Å². The highest BCUT2D eigenvalue weighted by Crippen LogP contribution is 2.40. The summed E-state index contributed by atoms with van der Waals surface area (Å²) in [5.74, 6) is 1.08. The van der Waals surface area contributed by atoms with Crippen LogP contribution in [0.15, 0.2) is 47.1 Å². The number of furan rings is 1. The van der Waals surface area contributed by atoms with E-state index in [9.17, 15) is 4.79 Å². The van der Waals surface area contributed by atoms with Crippen LogP contribution >= 0.6 is 0 Å². The number of hydrogen-bond donors (Lipinski definition) is 1. The Kier molecular flexibility index (Phi) is 6.66. The van der Waals surface area contributed by atoms with Crippen LogP contribution in [-0.4, -0.2) is 19.1 Å². The van der Waals surface area contributed by atoms with Crippen molar-refractivity contribution in [2.75, 3.05) is 13.2 Å². The van der Waals surface area contributed by atoms with Gasteiger partial charge < -0.3 is 14.5 Å². The number of amides is 1. The first kappa shape index (κ1) is 21.7. The molecule has 0 atom stereocenters. The van der Waals surface area contributed by atoms with Gasteiger partial charge in [-0.25, -0.2) is 0 Å². The minimum atomic E-state index is -0.0904. The number of nitrogens with one attached hydrogen (secondary N) is 1. The molecule has 1 heterocycles. The topological polar surface area (TPSA) is 51.5 Å². The number of fused-ring (bicyclic) bond motifs is 1. The van der Waals surface area contributed by atoms with Gasteiger partial charge in [-0.05, 0) is 50.8 Å². The summed E-state index contributed by atoms with van der Waals surface area (Å²) >= 11 is 0. The van der Waals surface area contributed by atoms with Crippen LogP contribution in [-0.2, 0) is 4.79 Å². The monoisotopic (exact) mass is 405 g/mol. The zero-order chi connectivity index (χ0) is 21.8. The van der Waals surface area contributed by atoms with Crippen molar-refractivity contribution in [2.24, 2.45) is 5.92 Å². The molecule has 0 aliphatic heterocycles. The number of carbonyl (C=O) groups is 1. The third-order valence-electron chi connectivity index (χ3n) is 5.15. The summed E-state index contributed by atoms with van der Waals surface area (Å²) in [5, 5.41) is 3.97. The number of carbonyl (C=O) groups excluding carboxylic acids is 1. The fourth-order valence-corrected chi connectivity index (χ4v) is 3.53. The number of benzene rings is 2. The first-order valence-corrected chi connectivity index (χ1v) is 10.5. The fourth-order valence-electron chi connectivity index (χ4n) is 3.53. The Bertz CT molecular complexity index is 1070. The summed E-state index contributed by atoms with van der Waals surface area (Å²) in [5.41, 5.74) is 6.89. The maximum absolute atomic E-state index is 12.4. The Labute approximate surface area is 178 Å². The second kappa shape index (κ2) is 9.21. The van der Waals surface area contributed by atoms with E-state index < -0.39 is 0 Å². The number of aryl methyl sites for hydroxylation is 2. The Hall–Kier alpha value is -3.01. The number of ether oxygens (including phenoxy) is 1. The third kappa shape index (κ3) is 4.59. The normalized spacial score (nSPS) is 11.9. The summed E-state index contributed by atoms with van der Waals surface area (Å²) in [4.78, 5) is 12.4. The van der Waals surface area contributed by atoms with Crippen molar-refractivity contribution in [1.82, 2.24) is 5.32 Å². The van der Waals surface area contributed by atoms with Gasteiger partial charge in [0.2, 0.25) is 5.91 Å². The van der Waals surface area contributed by atoms with Crippen molar-refractivity contribution in [3.05, 3.63) is 59.4 Å². The molecule has 1 aromatic heterocycles. The minimum Gasteiger partial charge on any atom is -0.493 e. The van der Waals surface area contributed by atoms with Gasteiger partial charge in [-0.1, -0.05) is 43.7 Å². The second-order valence-electron chi connectivity index (χ2n) is 8.17. The number of allylic oxidation sites excluding steroid dienone is 1. The van der Waals surface area contributed by atoms with Gasteiger partial charge in [-0.15, -0.1) is 0 Å². The molecule has 0 bridgehead atoms. The van der Waals surface area contributed by atoms with E-state index in [0.29, 0.717) is 19.1 Å². The summed E-state index contributed by atoms with van der Waals surface area (Å²) in [6, 6.07) is 10.5. The predicted molar refractivity (Wildman–Crippen MR) is 124 cm³/mol. The van der Waals surface area contributed by atoms with Crippen LogP contribution in [0.4, 0.5) is 0 Å². The van der Waals surface area contributed by atoms with E-state index in [1.54, 1.807) is 12.3 Å². The molecule has 4 heteroatoms. The molecule has 0 unspecified atom stereocenters. The lowest BCUT2D eigenvalue weighted by Crippen LogP contribution is -2.25. The van der Waals surface area contributed by atoms with E-state index in [1.165, 1.54) is 5.56 Å². The summed E-state index contributed by atoms with van der Waals surface area (Å²) in [6.45, 7) is 13.3. The van der Waals surface area contributed by atoms with Gasteiger partial charge in [0.25, 0.3) is 0 Å². The average Bonchev–Trinajstić information content (AvgIpc) is 3.13. The zero-order valence-electron chi connectivity index (χ0n) is 18.8. The molecule has 0 fully saturated rings. The highest BCUT2D eigenvalue weighted by atomic mass is 16.5. The van der Waals surface area contributed by atoms with Gasteiger partial charge in [0.1, 0.15) is 11.3 Å². The van der Waals surface area contributed by atoms with E-state index in [4.69, 9.17) is 9.15 Å². The van der Waals surface area contributed by atoms with Crippen LogP contribution in [0.2, 0.25) is 0 Å². The number of rotatable bonds is 7. The van der Waals surface area contributed by atoms with Crippen molar-refractivity contribution >= 4 is 22.4 Å². The Balaban J connectivity index is 2.12. The molecule has 1 amide bonds. The molecule has 3 rings (SSSR count). The lowest BCUT2D eigenvalue weighted by atomic mass is 9.96. The van der Waals surface area contributed by atoms with Gasteiger partial charge in [0, 0.05) is 34.7 Å². The maximum atomic E-state index is 12.4. The molecule has 0 aliphatic carbocycles. The van der Waals surface area contributed by atoms with Crippen LogP contribution in [0, 0.1) is 19.8 Å². The molecule has 1 N–H and O–H groups in total. The minimum absolute atomic E-state index is 0.0904. The van der Waals surface area contributed by atoms with Crippen LogP contribution in [0.3, 0.4) is 0 Å². The molecule has 4 nitrogen and oxygen atoms in total. The van der Waals surface area contributed by atoms with Crippen molar-refractivity contribution in [2.45, 2.75) is 41.5 Å². The zero-order valence-corrected chi connectivity index (χ0v) is 18.8. The van der Waals surface area contributed by atoms with Crippen molar-refractivity contribution in [1.29, 1.82) is 0 Å². The first-order chi connectivity index (χ1) is 14.3.